The highest BCUT2D eigenvalue weighted by molar-refractivity contribution is 6.09. The molecule has 2 aromatic heterocycles. The third-order valence-electron chi connectivity index (χ3n) is 8.14. The van der Waals surface area contributed by atoms with Crippen molar-refractivity contribution in [2.24, 2.45) is 0 Å². The molecule has 216 valence electrons. The molecule has 0 aliphatic carbocycles. The van der Waals surface area contributed by atoms with Crippen LogP contribution in [-0.4, -0.2) is 14.5 Å². The van der Waals surface area contributed by atoms with Crippen molar-refractivity contribution in [2.75, 3.05) is 0 Å². The molecule has 5 nitrogen and oxygen atoms in total. The van der Waals surface area contributed by atoms with Crippen LogP contribution in [0.2, 0.25) is 0 Å². The molecule has 0 saturated heterocycles. The molecule has 0 N–H and O–H groups in total. The molecular formula is C41H26N4O. The predicted octanol–water partition coefficient (Wildman–Crippen LogP) is 10.9. The van der Waals surface area contributed by atoms with E-state index in [0.29, 0.717) is 28.7 Å². The highest BCUT2D eigenvalue weighted by atomic mass is 16.5. The summed E-state index contributed by atoms with van der Waals surface area (Å²) >= 11 is 0. The highest BCUT2D eigenvalue weighted by Crippen LogP contribution is 2.39. The van der Waals surface area contributed by atoms with Crippen LogP contribution in [0.4, 0.5) is 5.69 Å². The average Bonchev–Trinajstić information content (AvgIpc) is 3.47. The van der Waals surface area contributed by atoms with Crippen LogP contribution in [0.5, 0.6) is 11.5 Å². The van der Waals surface area contributed by atoms with Gasteiger partial charge in [-0.3, -0.25) is 0 Å². The van der Waals surface area contributed by atoms with E-state index >= 15 is 0 Å². The second kappa shape index (κ2) is 11.5. The van der Waals surface area contributed by atoms with Gasteiger partial charge in [0.25, 0.3) is 0 Å². The average molecular weight is 591 g/mol. The number of nitrogens with zero attached hydrogens (tertiary/aromatic N) is 4. The fourth-order valence-electron chi connectivity index (χ4n) is 6.03. The van der Waals surface area contributed by atoms with E-state index in [-0.39, 0.29) is 0 Å². The maximum Gasteiger partial charge on any atom is 0.187 e. The first-order valence-electron chi connectivity index (χ1n) is 15.0. The molecule has 8 rings (SSSR count). The molecule has 8 aromatic rings. The molecule has 0 saturated carbocycles. The molecule has 0 radical (unpaired) electrons. The van der Waals surface area contributed by atoms with Crippen LogP contribution in [0, 0.1) is 6.57 Å². The van der Waals surface area contributed by atoms with Crippen LogP contribution in [0.25, 0.3) is 66.1 Å². The highest BCUT2D eigenvalue weighted by Gasteiger charge is 2.17. The fourth-order valence-corrected chi connectivity index (χ4v) is 6.03. The van der Waals surface area contributed by atoms with E-state index in [1.807, 2.05) is 66.7 Å². The molecule has 2 heterocycles. The molecular weight excluding hydrogens is 564 g/mol. The fraction of sp³-hybridized carbons (Fsp3) is 0. The molecule has 0 atom stereocenters. The Morgan fingerprint density at radius 1 is 0.565 bits per heavy atom. The predicted molar refractivity (Wildman–Crippen MR) is 185 cm³/mol. The van der Waals surface area contributed by atoms with Crippen molar-refractivity contribution < 1.29 is 4.74 Å². The standard InChI is InChI=1S/C41H26N4O/c1-42-31-17-11-16-30(25-31)40-39(27-43-41(44-40)28-13-3-2-4-14-28)46-38-24-10-7-19-33(38)29-15-12-18-32(26-29)45-36-22-8-5-20-34(36)35-21-6-9-23-37(35)45/h2-27H. The molecule has 0 aliphatic rings. The molecule has 46 heavy (non-hydrogen) atoms. The zero-order valence-corrected chi connectivity index (χ0v) is 24.7. The number of hydrogen-bond donors (Lipinski definition) is 0. The Hall–Kier alpha value is -6.51. The van der Waals surface area contributed by atoms with Gasteiger partial charge in [-0.2, -0.15) is 0 Å². The van der Waals surface area contributed by atoms with Crippen molar-refractivity contribution >= 4 is 27.5 Å². The van der Waals surface area contributed by atoms with E-state index in [1.54, 1.807) is 12.3 Å². The molecule has 0 bridgehead atoms. The van der Waals surface area contributed by atoms with Gasteiger partial charge in [0.2, 0.25) is 0 Å². The normalized spacial score (nSPS) is 11.0. The molecule has 0 spiro atoms. The van der Waals surface area contributed by atoms with E-state index in [1.165, 1.54) is 10.8 Å². The summed E-state index contributed by atoms with van der Waals surface area (Å²) in [6, 6.07) is 50.9. The lowest BCUT2D eigenvalue weighted by atomic mass is 10.0. The Labute approximate surface area is 266 Å². The number of para-hydroxylation sites is 3. The Morgan fingerprint density at radius 3 is 2.00 bits per heavy atom. The van der Waals surface area contributed by atoms with Gasteiger partial charge in [0.05, 0.1) is 23.8 Å². The lowest BCUT2D eigenvalue weighted by molar-refractivity contribution is 0.481. The van der Waals surface area contributed by atoms with Gasteiger partial charge in [0.15, 0.2) is 17.3 Å². The summed E-state index contributed by atoms with van der Waals surface area (Å²) in [7, 11) is 0. The number of hydrogen-bond acceptors (Lipinski definition) is 3. The number of fused-ring (bicyclic) bond motifs is 3. The minimum absolute atomic E-state index is 0.507. The lowest BCUT2D eigenvalue weighted by Crippen LogP contribution is -1.98. The zero-order chi connectivity index (χ0) is 30.9. The summed E-state index contributed by atoms with van der Waals surface area (Å²) in [5.41, 5.74) is 8.19. The number of benzene rings is 6. The van der Waals surface area contributed by atoms with E-state index in [2.05, 4.69) is 93.3 Å². The van der Waals surface area contributed by atoms with Gasteiger partial charge in [0, 0.05) is 27.6 Å². The van der Waals surface area contributed by atoms with Crippen LogP contribution in [0.3, 0.4) is 0 Å². The number of aromatic nitrogens is 3. The minimum atomic E-state index is 0.507. The third kappa shape index (κ3) is 4.85. The Kier molecular flexibility index (Phi) is 6.79. The van der Waals surface area contributed by atoms with Crippen LogP contribution in [-0.2, 0) is 0 Å². The van der Waals surface area contributed by atoms with Crippen molar-refractivity contribution in [3.8, 4) is 51.0 Å². The number of ether oxygens (including phenoxy) is 1. The quantitative estimate of drug-likeness (QED) is 0.181. The van der Waals surface area contributed by atoms with Gasteiger partial charge < -0.3 is 9.30 Å². The topological polar surface area (TPSA) is 44.3 Å². The van der Waals surface area contributed by atoms with Gasteiger partial charge in [-0.05, 0) is 47.5 Å². The first-order chi connectivity index (χ1) is 22.8. The Bertz CT molecular complexity index is 2370. The minimum Gasteiger partial charge on any atom is -0.453 e. The van der Waals surface area contributed by atoms with Crippen LogP contribution >= 0.6 is 0 Å². The Balaban J connectivity index is 1.24. The van der Waals surface area contributed by atoms with Gasteiger partial charge >= 0.3 is 0 Å². The first kappa shape index (κ1) is 27.1. The van der Waals surface area contributed by atoms with Gasteiger partial charge in [-0.25, -0.2) is 14.8 Å². The van der Waals surface area contributed by atoms with Gasteiger partial charge in [-0.15, -0.1) is 0 Å². The summed E-state index contributed by atoms with van der Waals surface area (Å²) in [5.74, 6) is 1.77. The van der Waals surface area contributed by atoms with E-state index < -0.39 is 0 Å². The molecule has 5 heteroatoms. The molecule has 0 unspecified atom stereocenters. The maximum absolute atomic E-state index is 7.55. The molecule has 0 aliphatic heterocycles. The second-order valence-electron chi connectivity index (χ2n) is 11.0. The van der Waals surface area contributed by atoms with Gasteiger partial charge in [0.1, 0.15) is 11.4 Å². The summed E-state index contributed by atoms with van der Waals surface area (Å²) in [5, 5.41) is 2.45. The summed E-state index contributed by atoms with van der Waals surface area (Å²) in [6.07, 6.45) is 1.72. The number of rotatable bonds is 6. The first-order valence-corrected chi connectivity index (χ1v) is 15.0. The van der Waals surface area contributed by atoms with Gasteiger partial charge in [-0.1, -0.05) is 115 Å². The van der Waals surface area contributed by atoms with Crippen molar-refractivity contribution in [2.45, 2.75) is 0 Å². The monoisotopic (exact) mass is 590 g/mol. The van der Waals surface area contributed by atoms with Crippen molar-refractivity contribution in [3.05, 3.63) is 169 Å². The Morgan fingerprint density at radius 2 is 1.22 bits per heavy atom. The van der Waals surface area contributed by atoms with E-state index in [0.717, 1.165) is 39.0 Å². The van der Waals surface area contributed by atoms with Crippen molar-refractivity contribution in [1.82, 2.24) is 14.5 Å². The van der Waals surface area contributed by atoms with Crippen LogP contribution in [0.1, 0.15) is 0 Å². The second-order valence-corrected chi connectivity index (χ2v) is 11.0. The van der Waals surface area contributed by atoms with E-state index in [4.69, 9.17) is 16.3 Å². The molecule has 0 amide bonds. The zero-order valence-electron chi connectivity index (χ0n) is 24.7. The van der Waals surface area contributed by atoms with Crippen LogP contribution in [0.15, 0.2) is 158 Å². The third-order valence-corrected chi connectivity index (χ3v) is 8.14. The van der Waals surface area contributed by atoms with Crippen LogP contribution < -0.4 is 4.74 Å². The summed E-state index contributed by atoms with van der Waals surface area (Å²) in [4.78, 5) is 13.3. The molecule has 0 fully saturated rings. The smallest absolute Gasteiger partial charge is 0.187 e. The summed E-state index contributed by atoms with van der Waals surface area (Å²) in [6.45, 7) is 7.55. The SMILES string of the molecule is [C-]#[N+]c1cccc(-c2nc(-c3ccccc3)ncc2Oc2ccccc2-c2cccc(-n3c4ccccc4c4ccccc43)c2)c1. The van der Waals surface area contributed by atoms with Crippen molar-refractivity contribution in [1.29, 1.82) is 0 Å². The van der Waals surface area contributed by atoms with E-state index in [9.17, 15) is 0 Å². The lowest BCUT2D eigenvalue weighted by Gasteiger charge is -2.16. The van der Waals surface area contributed by atoms with Crippen molar-refractivity contribution in [3.63, 3.8) is 0 Å². The summed E-state index contributed by atoms with van der Waals surface area (Å²) < 4.78 is 8.99. The molecule has 6 aromatic carbocycles. The largest absolute Gasteiger partial charge is 0.453 e. The maximum atomic E-state index is 7.55.